The summed E-state index contributed by atoms with van der Waals surface area (Å²) in [5.74, 6) is 0.828. The molecule has 0 amide bonds. The van der Waals surface area contributed by atoms with Gasteiger partial charge in [0, 0.05) is 26.9 Å². The summed E-state index contributed by atoms with van der Waals surface area (Å²) in [4.78, 5) is 2.46. The van der Waals surface area contributed by atoms with Gasteiger partial charge < -0.3 is 10.5 Å². The Kier molecular flexibility index (Phi) is 4.05. The van der Waals surface area contributed by atoms with Gasteiger partial charge in [0.15, 0.2) is 0 Å². The van der Waals surface area contributed by atoms with Crippen molar-refractivity contribution in [2.24, 2.45) is 5.73 Å². The summed E-state index contributed by atoms with van der Waals surface area (Å²) in [5, 5.41) is 0.717. The maximum absolute atomic E-state index is 5.81. The summed E-state index contributed by atoms with van der Waals surface area (Å²) in [5.41, 5.74) is 6.81. The van der Waals surface area contributed by atoms with E-state index < -0.39 is 0 Å². The highest BCUT2D eigenvalue weighted by Gasteiger charge is 2.05. The normalized spacial score (nSPS) is 10.5. The summed E-state index contributed by atoms with van der Waals surface area (Å²) in [6.45, 7) is 3.25. The van der Waals surface area contributed by atoms with Crippen LogP contribution in [0.5, 0.6) is 5.75 Å². The number of halogens is 1. The van der Waals surface area contributed by atoms with Gasteiger partial charge in [-0.3, -0.25) is 0 Å². The van der Waals surface area contributed by atoms with E-state index >= 15 is 0 Å². The third-order valence-corrected chi connectivity index (χ3v) is 3.85. The van der Waals surface area contributed by atoms with Gasteiger partial charge in [-0.25, -0.2) is 0 Å². The average Bonchev–Trinajstić information content (AvgIpc) is 2.69. The van der Waals surface area contributed by atoms with Gasteiger partial charge in [0.2, 0.25) is 0 Å². The fourth-order valence-corrected chi connectivity index (χ4v) is 2.58. The van der Waals surface area contributed by atoms with Crippen LogP contribution in [-0.4, -0.2) is 0 Å². The first-order valence-electron chi connectivity index (χ1n) is 5.35. The summed E-state index contributed by atoms with van der Waals surface area (Å²) in [7, 11) is 0. The Bertz CT molecular complexity index is 493. The topological polar surface area (TPSA) is 35.2 Å². The molecule has 0 aliphatic heterocycles. The lowest BCUT2D eigenvalue weighted by Crippen LogP contribution is -1.95. The van der Waals surface area contributed by atoms with Gasteiger partial charge in [0.25, 0.3) is 0 Å². The van der Waals surface area contributed by atoms with Crippen molar-refractivity contribution in [2.45, 2.75) is 20.1 Å². The van der Waals surface area contributed by atoms with Gasteiger partial charge in [0.05, 0.1) is 0 Å². The van der Waals surface area contributed by atoms with Crippen LogP contribution in [0, 0.1) is 6.92 Å². The Morgan fingerprint density at radius 2 is 2.00 bits per heavy atom. The Morgan fingerprint density at radius 1 is 1.29 bits per heavy atom. The number of nitrogens with two attached hydrogens (primary N) is 1. The zero-order valence-electron chi connectivity index (χ0n) is 9.57. The van der Waals surface area contributed by atoms with E-state index in [-0.39, 0.29) is 0 Å². The fraction of sp³-hybridized carbons (Fsp3) is 0.231. The quantitative estimate of drug-likeness (QED) is 0.916. The first kappa shape index (κ1) is 12.4. The molecule has 1 aromatic heterocycles. The molecule has 90 valence electrons. The van der Waals surface area contributed by atoms with Crippen LogP contribution in [0.15, 0.2) is 30.3 Å². The smallest absolute Gasteiger partial charge is 0.119 e. The van der Waals surface area contributed by atoms with Crippen molar-refractivity contribution in [3.63, 3.8) is 0 Å². The van der Waals surface area contributed by atoms with Crippen LogP contribution in [0.1, 0.15) is 15.3 Å². The zero-order chi connectivity index (χ0) is 12.3. The van der Waals surface area contributed by atoms with Gasteiger partial charge in [0.1, 0.15) is 12.4 Å². The van der Waals surface area contributed by atoms with Crippen molar-refractivity contribution in [1.29, 1.82) is 0 Å². The summed E-state index contributed by atoms with van der Waals surface area (Å²) < 4.78 is 5.69. The lowest BCUT2D eigenvalue weighted by atomic mass is 10.2. The molecular weight excluding hydrogens is 254 g/mol. The zero-order valence-corrected chi connectivity index (χ0v) is 11.1. The molecule has 0 aliphatic carbocycles. The average molecular weight is 268 g/mol. The highest BCUT2D eigenvalue weighted by Crippen LogP contribution is 2.23. The molecule has 2 nitrogen and oxygen atoms in total. The molecule has 0 bridgehead atoms. The molecule has 0 radical (unpaired) electrons. The van der Waals surface area contributed by atoms with Crippen LogP contribution < -0.4 is 10.5 Å². The van der Waals surface area contributed by atoms with Crippen molar-refractivity contribution in [1.82, 2.24) is 0 Å². The van der Waals surface area contributed by atoms with E-state index in [0.29, 0.717) is 13.2 Å². The maximum atomic E-state index is 5.81. The second-order valence-electron chi connectivity index (χ2n) is 3.74. The highest BCUT2D eigenvalue weighted by atomic mass is 35.5. The molecule has 0 unspecified atom stereocenters. The molecule has 0 saturated heterocycles. The molecule has 0 saturated carbocycles. The third kappa shape index (κ3) is 3.22. The minimum Gasteiger partial charge on any atom is -0.489 e. The monoisotopic (exact) mass is 267 g/mol. The van der Waals surface area contributed by atoms with Gasteiger partial charge >= 0.3 is 0 Å². The number of hydrogen-bond acceptors (Lipinski definition) is 3. The van der Waals surface area contributed by atoms with Crippen LogP contribution >= 0.6 is 22.9 Å². The molecular formula is C13H14ClNOS. The molecule has 0 atom stereocenters. The maximum Gasteiger partial charge on any atom is 0.119 e. The number of hydrogen-bond donors (Lipinski definition) is 1. The SMILES string of the molecule is Cc1sc(CN)cc1COc1ccc(Cl)cc1. The van der Waals surface area contributed by atoms with Crippen LogP contribution in [0.4, 0.5) is 0 Å². The predicted molar refractivity (Wildman–Crippen MR) is 72.7 cm³/mol. The van der Waals surface area contributed by atoms with Crippen LogP contribution in [0.2, 0.25) is 5.02 Å². The van der Waals surface area contributed by atoms with Gasteiger partial charge in [-0.15, -0.1) is 11.3 Å². The molecule has 4 heteroatoms. The molecule has 2 aromatic rings. The molecule has 2 N–H and O–H groups in total. The van der Waals surface area contributed by atoms with E-state index in [0.717, 1.165) is 10.8 Å². The van der Waals surface area contributed by atoms with Crippen molar-refractivity contribution >= 4 is 22.9 Å². The van der Waals surface area contributed by atoms with E-state index in [2.05, 4.69) is 13.0 Å². The first-order chi connectivity index (χ1) is 8.19. The molecule has 0 fully saturated rings. The lowest BCUT2D eigenvalue weighted by Gasteiger charge is -2.05. The number of rotatable bonds is 4. The van der Waals surface area contributed by atoms with E-state index in [1.807, 2.05) is 24.3 Å². The van der Waals surface area contributed by atoms with E-state index in [9.17, 15) is 0 Å². The summed E-state index contributed by atoms with van der Waals surface area (Å²) in [6.07, 6.45) is 0. The van der Waals surface area contributed by atoms with Crippen LogP contribution in [-0.2, 0) is 13.2 Å². The molecule has 1 aromatic carbocycles. The van der Waals surface area contributed by atoms with Crippen molar-refractivity contribution in [3.05, 3.63) is 50.7 Å². The van der Waals surface area contributed by atoms with E-state index in [1.165, 1.54) is 15.3 Å². The number of thiophene rings is 1. The summed E-state index contributed by atoms with van der Waals surface area (Å²) in [6, 6.07) is 9.49. The summed E-state index contributed by atoms with van der Waals surface area (Å²) >= 11 is 7.53. The van der Waals surface area contributed by atoms with Gasteiger partial charge in [-0.1, -0.05) is 11.6 Å². The molecule has 1 heterocycles. The highest BCUT2D eigenvalue weighted by molar-refractivity contribution is 7.12. The van der Waals surface area contributed by atoms with E-state index in [4.69, 9.17) is 22.1 Å². The number of aryl methyl sites for hydroxylation is 1. The Morgan fingerprint density at radius 3 is 2.59 bits per heavy atom. The fourth-order valence-electron chi connectivity index (χ4n) is 1.52. The number of benzene rings is 1. The predicted octanol–water partition coefficient (Wildman–Crippen LogP) is 3.75. The first-order valence-corrected chi connectivity index (χ1v) is 6.55. The Balaban J connectivity index is 2.01. The second-order valence-corrected chi connectivity index (χ2v) is 5.52. The second kappa shape index (κ2) is 5.54. The largest absolute Gasteiger partial charge is 0.489 e. The van der Waals surface area contributed by atoms with Gasteiger partial charge in [-0.05, 0) is 37.3 Å². The number of ether oxygens (including phenoxy) is 1. The minimum absolute atomic E-state index is 0.573. The molecule has 0 aliphatic rings. The molecule has 0 spiro atoms. The van der Waals surface area contributed by atoms with E-state index in [1.54, 1.807) is 11.3 Å². The molecule has 2 rings (SSSR count). The Labute approximate surface area is 110 Å². The minimum atomic E-state index is 0.573. The standard InChI is InChI=1S/C13H14ClNOS/c1-9-10(6-13(7-15)17-9)8-16-12-4-2-11(14)3-5-12/h2-6H,7-8,15H2,1H3. The van der Waals surface area contributed by atoms with Crippen molar-refractivity contribution in [3.8, 4) is 5.75 Å². The van der Waals surface area contributed by atoms with Gasteiger partial charge in [-0.2, -0.15) is 0 Å². The van der Waals surface area contributed by atoms with Crippen LogP contribution in [0.3, 0.4) is 0 Å². The van der Waals surface area contributed by atoms with Crippen molar-refractivity contribution < 1.29 is 4.74 Å². The third-order valence-electron chi connectivity index (χ3n) is 2.48. The lowest BCUT2D eigenvalue weighted by molar-refractivity contribution is 0.306. The molecule has 17 heavy (non-hydrogen) atoms. The van der Waals surface area contributed by atoms with Crippen LogP contribution in [0.25, 0.3) is 0 Å². The Hall–Kier alpha value is -1.03. The van der Waals surface area contributed by atoms with Crippen molar-refractivity contribution in [2.75, 3.05) is 0 Å².